The first kappa shape index (κ1) is 31.2. The number of hydroxylamine groups is 1. The Morgan fingerprint density at radius 3 is 2.15 bits per heavy atom. The van der Waals surface area contributed by atoms with Gasteiger partial charge >= 0.3 is 18.0 Å². The Morgan fingerprint density at radius 1 is 0.927 bits per heavy atom. The van der Waals surface area contributed by atoms with Crippen LogP contribution in [0, 0.1) is 12.8 Å². The summed E-state index contributed by atoms with van der Waals surface area (Å²) in [4.78, 5) is 53.5. The fraction of sp³-hybridized carbons (Fsp3) is 0.400. The molecule has 11 nitrogen and oxygen atoms in total. The zero-order valence-corrected chi connectivity index (χ0v) is 23.5. The van der Waals surface area contributed by atoms with Crippen LogP contribution in [0.2, 0.25) is 0 Å². The molecular formula is C30H38N4O7. The third kappa shape index (κ3) is 9.95. The van der Waals surface area contributed by atoms with Crippen molar-refractivity contribution in [2.45, 2.75) is 70.9 Å². The number of hydrogen-bond donors (Lipinski definition) is 6. The lowest BCUT2D eigenvalue weighted by Crippen LogP contribution is -2.40. The van der Waals surface area contributed by atoms with Gasteiger partial charge in [0.05, 0.1) is 18.2 Å². The lowest BCUT2D eigenvalue weighted by atomic mass is 9.89. The molecule has 0 fully saturated rings. The molecule has 2 aromatic rings. The van der Waals surface area contributed by atoms with Gasteiger partial charge in [-0.05, 0) is 67.5 Å². The van der Waals surface area contributed by atoms with Crippen molar-refractivity contribution < 1.29 is 34.2 Å². The molecule has 6 N–H and O–H groups in total. The van der Waals surface area contributed by atoms with E-state index in [1.54, 1.807) is 30.3 Å². The Bertz CT molecular complexity index is 1260. The van der Waals surface area contributed by atoms with Crippen molar-refractivity contribution in [2.24, 2.45) is 5.92 Å². The van der Waals surface area contributed by atoms with E-state index >= 15 is 0 Å². The molecule has 2 aromatic carbocycles. The number of carboxylic acids is 2. The summed E-state index contributed by atoms with van der Waals surface area (Å²) >= 11 is 0. The molecule has 0 bridgehead atoms. The molecule has 1 unspecified atom stereocenters. The van der Waals surface area contributed by atoms with Crippen molar-refractivity contribution in [1.29, 1.82) is 0 Å². The van der Waals surface area contributed by atoms with Gasteiger partial charge in [0.2, 0.25) is 5.91 Å². The summed E-state index contributed by atoms with van der Waals surface area (Å²) in [6.45, 7) is 5.93. The predicted octanol–water partition coefficient (Wildman–Crippen LogP) is 4.60. The molecule has 1 aliphatic heterocycles. The van der Waals surface area contributed by atoms with E-state index in [1.807, 2.05) is 45.0 Å². The lowest BCUT2D eigenvalue weighted by Gasteiger charge is -2.24. The summed E-state index contributed by atoms with van der Waals surface area (Å²) in [6, 6.07) is 13.6. The molecule has 0 saturated carbocycles. The maximum Gasteiger partial charge on any atom is 0.323 e. The molecule has 1 heterocycles. The van der Waals surface area contributed by atoms with Gasteiger partial charge in [-0.25, -0.2) is 4.79 Å². The van der Waals surface area contributed by atoms with E-state index in [1.165, 1.54) is 0 Å². The molecule has 0 spiro atoms. The van der Waals surface area contributed by atoms with Crippen molar-refractivity contribution >= 4 is 35.3 Å². The number of para-hydroxylation sites is 1. The van der Waals surface area contributed by atoms with Crippen LogP contribution in [-0.2, 0) is 25.6 Å². The van der Waals surface area contributed by atoms with Crippen LogP contribution in [0.25, 0.3) is 0 Å². The summed E-state index contributed by atoms with van der Waals surface area (Å²) in [7, 11) is 0. The van der Waals surface area contributed by atoms with Crippen molar-refractivity contribution in [3.8, 4) is 0 Å². The Labute approximate surface area is 239 Å². The number of amides is 3. The Balaban J connectivity index is 1.63. The standard InChI is InChI=1S/C30H38N4O7/c1-19(2)16-24(25-18-30(41-34-25,14-12-27(36)37)15-13-28(38)39)32-26(35)17-21-8-10-22(11-9-21)31-29(40)33-23-7-5-4-6-20(23)3/h4-11,18-19,24,34H,12-17H2,1-3H3,(H,32,35)(H,36,37)(H,38,39)(H2,31,33,40). The van der Waals surface area contributed by atoms with Gasteiger partial charge in [0, 0.05) is 24.2 Å². The summed E-state index contributed by atoms with van der Waals surface area (Å²) in [5.74, 6) is -2.03. The van der Waals surface area contributed by atoms with Crippen LogP contribution in [-0.4, -0.2) is 45.7 Å². The number of aryl methyl sites for hydroxylation is 1. The fourth-order valence-electron chi connectivity index (χ4n) is 4.55. The Kier molecular flexibility index (Phi) is 10.9. The maximum atomic E-state index is 13.0. The highest BCUT2D eigenvalue weighted by Gasteiger charge is 2.38. The summed E-state index contributed by atoms with van der Waals surface area (Å²) in [6.07, 6.45) is 2.21. The number of benzene rings is 2. The Hall–Kier alpha value is -4.38. The first-order valence-corrected chi connectivity index (χ1v) is 13.6. The van der Waals surface area contributed by atoms with Crippen LogP contribution in [0.15, 0.2) is 60.3 Å². The quantitative estimate of drug-likeness (QED) is 0.193. The topological polar surface area (TPSA) is 166 Å². The van der Waals surface area contributed by atoms with Crippen molar-refractivity contribution in [3.05, 3.63) is 71.4 Å². The fourth-order valence-corrected chi connectivity index (χ4v) is 4.55. The highest BCUT2D eigenvalue weighted by atomic mass is 16.7. The zero-order valence-electron chi connectivity index (χ0n) is 23.5. The van der Waals surface area contributed by atoms with Crippen LogP contribution in [0.3, 0.4) is 0 Å². The van der Waals surface area contributed by atoms with Gasteiger partial charge in [-0.2, -0.15) is 0 Å². The van der Waals surface area contributed by atoms with E-state index in [4.69, 9.17) is 15.1 Å². The molecule has 0 aliphatic carbocycles. The first-order valence-electron chi connectivity index (χ1n) is 13.6. The number of rotatable bonds is 14. The highest BCUT2D eigenvalue weighted by Crippen LogP contribution is 2.32. The van der Waals surface area contributed by atoms with E-state index in [9.17, 15) is 19.2 Å². The van der Waals surface area contributed by atoms with Crippen molar-refractivity contribution in [2.75, 3.05) is 10.6 Å². The third-order valence-corrected chi connectivity index (χ3v) is 6.70. The van der Waals surface area contributed by atoms with Crippen LogP contribution in [0.4, 0.5) is 16.2 Å². The van der Waals surface area contributed by atoms with Crippen LogP contribution in [0.1, 0.15) is 57.1 Å². The highest BCUT2D eigenvalue weighted by molar-refractivity contribution is 6.00. The van der Waals surface area contributed by atoms with E-state index < -0.39 is 23.6 Å². The summed E-state index contributed by atoms with van der Waals surface area (Å²) < 4.78 is 0. The molecule has 1 aliphatic rings. The molecule has 0 aromatic heterocycles. The smallest absolute Gasteiger partial charge is 0.323 e. The molecule has 11 heteroatoms. The van der Waals surface area contributed by atoms with Crippen LogP contribution >= 0.6 is 0 Å². The van der Waals surface area contributed by atoms with Gasteiger partial charge in [0.25, 0.3) is 0 Å². The second kappa shape index (κ2) is 14.3. The maximum absolute atomic E-state index is 13.0. The summed E-state index contributed by atoms with van der Waals surface area (Å²) in [5, 5.41) is 26.9. The average Bonchev–Trinajstić information content (AvgIpc) is 3.33. The van der Waals surface area contributed by atoms with Gasteiger partial charge in [-0.15, -0.1) is 0 Å². The van der Waals surface area contributed by atoms with Gasteiger partial charge in [0.1, 0.15) is 5.60 Å². The lowest BCUT2D eigenvalue weighted by molar-refractivity contribution is -0.140. The minimum absolute atomic E-state index is 0.0951. The SMILES string of the molecule is Cc1ccccc1NC(=O)Nc1ccc(CC(=O)NC(CC(C)C)C2=CC(CCC(=O)O)(CCC(=O)O)ON2)cc1. The first-order chi connectivity index (χ1) is 19.4. The molecule has 3 rings (SSSR count). The second-order valence-electron chi connectivity index (χ2n) is 10.7. The van der Waals surface area contributed by atoms with Gasteiger partial charge in [-0.1, -0.05) is 44.2 Å². The van der Waals surface area contributed by atoms with Crippen molar-refractivity contribution in [1.82, 2.24) is 10.8 Å². The van der Waals surface area contributed by atoms with E-state index in [0.717, 1.165) is 11.1 Å². The molecule has 0 saturated heterocycles. The third-order valence-electron chi connectivity index (χ3n) is 6.70. The largest absolute Gasteiger partial charge is 0.481 e. The number of carboxylic acid groups (broad SMARTS) is 2. The van der Waals surface area contributed by atoms with E-state index in [-0.39, 0.29) is 50.0 Å². The molecule has 1 atom stereocenters. The Morgan fingerprint density at radius 2 is 1.56 bits per heavy atom. The molecule has 3 amide bonds. The number of hydrogen-bond acceptors (Lipinski definition) is 6. The van der Waals surface area contributed by atoms with E-state index in [2.05, 4.69) is 21.4 Å². The minimum Gasteiger partial charge on any atom is -0.481 e. The van der Waals surface area contributed by atoms with Gasteiger partial charge in [-0.3, -0.25) is 24.7 Å². The van der Waals surface area contributed by atoms with Crippen molar-refractivity contribution in [3.63, 3.8) is 0 Å². The van der Waals surface area contributed by atoms with E-state index in [0.29, 0.717) is 23.5 Å². The number of carbonyl (C=O) groups is 4. The number of nitrogens with one attached hydrogen (secondary N) is 4. The average molecular weight is 567 g/mol. The second-order valence-corrected chi connectivity index (χ2v) is 10.7. The number of urea groups is 1. The van der Waals surface area contributed by atoms with Gasteiger partial charge in [0.15, 0.2) is 0 Å². The number of anilines is 2. The minimum atomic E-state index is -1.10. The van der Waals surface area contributed by atoms with Crippen LogP contribution < -0.4 is 21.4 Å². The number of aliphatic carboxylic acids is 2. The van der Waals surface area contributed by atoms with Crippen LogP contribution in [0.5, 0.6) is 0 Å². The number of carbonyl (C=O) groups excluding carboxylic acids is 2. The molecule has 41 heavy (non-hydrogen) atoms. The zero-order chi connectivity index (χ0) is 30.0. The molecular weight excluding hydrogens is 528 g/mol. The molecule has 0 radical (unpaired) electrons. The monoisotopic (exact) mass is 566 g/mol. The summed E-state index contributed by atoms with van der Waals surface area (Å²) in [5.41, 5.74) is 5.29. The normalized spacial score (nSPS) is 14.5. The molecule has 220 valence electrons. The predicted molar refractivity (Wildman–Crippen MR) is 154 cm³/mol. The van der Waals surface area contributed by atoms with Gasteiger partial charge < -0.3 is 26.2 Å².